The molecular formula is C16H21NO3S. The van der Waals surface area contributed by atoms with Crippen LogP contribution in [0.2, 0.25) is 0 Å². The molecule has 1 aromatic carbocycles. The van der Waals surface area contributed by atoms with Crippen molar-refractivity contribution >= 4 is 15.8 Å². The number of hydrogen-bond acceptors (Lipinski definition) is 3. The maximum atomic E-state index is 12.3. The lowest BCUT2D eigenvalue weighted by molar-refractivity contribution is 0.101. The van der Waals surface area contributed by atoms with Crippen LogP contribution in [0.5, 0.6) is 0 Å². The number of Topliss-reactive ketones (excluding diaryl/α,β-unsaturated/α-hetero) is 1. The number of carbonyl (C=O) groups excluding carboxylic acids is 1. The molecule has 3 rings (SSSR count). The quantitative estimate of drug-likeness (QED) is 0.851. The standard InChI is InChI=1S/C16H21NO3S/c1-11(18)13-4-6-16(7-5-13)21(19,20)17-10-15-9-12-2-3-14(15)8-12/h4-7,12,14-15,17H,2-3,8-10H2,1H3/t12-,14-,15+/m0/s1. The fourth-order valence-electron chi connectivity index (χ4n) is 3.80. The third-order valence-electron chi connectivity index (χ3n) is 4.99. The second-order valence-corrected chi connectivity index (χ2v) is 8.13. The van der Waals surface area contributed by atoms with E-state index in [0.717, 1.165) is 12.3 Å². The first-order valence-electron chi connectivity index (χ1n) is 7.56. The SMILES string of the molecule is CC(=O)c1ccc(S(=O)(=O)NC[C@H]2C[C@H]3CC[C@H]2C3)cc1. The molecule has 2 aliphatic rings. The molecule has 2 aliphatic carbocycles. The van der Waals surface area contributed by atoms with Crippen LogP contribution in [0.25, 0.3) is 0 Å². The van der Waals surface area contributed by atoms with Crippen molar-refractivity contribution in [3.05, 3.63) is 29.8 Å². The van der Waals surface area contributed by atoms with Gasteiger partial charge >= 0.3 is 0 Å². The van der Waals surface area contributed by atoms with E-state index in [1.165, 1.54) is 38.3 Å². The minimum Gasteiger partial charge on any atom is -0.295 e. The van der Waals surface area contributed by atoms with Crippen molar-refractivity contribution in [2.24, 2.45) is 17.8 Å². The number of carbonyl (C=O) groups is 1. The Kier molecular flexibility index (Phi) is 3.88. The normalized spacial score (nSPS) is 28.0. The van der Waals surface area contributed by atoms with E-state index in [2.05, 4.69) is 4.72 Å². The average molecular weight is 307 g/mol. The van der Waals surface area contributed by atoms with Crippen molar-refractivity contribution in [2.75, 3.05) is 6.54 Å². The van der Waals surface area contributed by atoms with Crippen LogP contribution in [0.15, 0.2) is 29.2 Å². The van der Waals surface area contributed by atoms with Crippen LogP contribution < -0.4 is 4.72 Å². The Labute approximate surface area is 126 Å². The summed E-state index contributed by atoms with van der Waals surface area (Å²) in [7, 11) is -3.47. The average Bonchev–Trinajstić information content (AvgIpc) is 3.08. The van der Waals surface area contributed by atoms with Crippen molar-refractivity contribution in [2.45, 2.75) is 37.5 Å². The maximum absolute atomic E-state index is 12.3. The van der Waals surface area contributed by atoms with E-state index in [9.17, 15) is 13.2 Å². The van der Waals surface area contributed by atoms with E-state index in [1.807, 2.05) is 0 Å². The third kappa shape index (κ3) is 3.04. The van der Waals surface area contributed by atoms with Crippen LogP contribution in [0.4, 0.5) is 0 Å². The highest BCUT2D eigenvalue weighted by Crippen LogP contribution is 2.48. The van der Waals surface area contributed by atoms with Crippen molar-refractivity contribution < 1.29 is 13.2 Å². The Morgan fingerprint density at radius 1 is 1.19 bits per heavy atom. The van der Waals surface area contributed by atoms with Crippen LogP contribution in [0.1, 0.15) is 43.0 Å². The molecule has 0 radical (unpaired) electrons. The molecule has 2 bridgehead atoms. The fourth-order valence-corrected chi connectivity index (χ4v) is 4.89. The van der Waals surface area contributed by atoms with E-state index in [-0.39, 0.29) is 10.7 Å². The van der Waals surface area contributed by atoms with Crippen LogP contribution in [0, 0.1) is 17.8 Å². The summed E-state index contributed by atoms with van der Waals surface area (Å²) in [5.74, 6) is 1.96. The van der Waals surface area contributed by atoms with Crippen molar-refractivity contribution in [1.29, 1.82) is 0 Å². The van der Waals surface area contributed by atoms with Gasteiger partial charge in [-0.3, -0.25) is 4.79 Å². The number of nitrogens with one attached hydrogen (secondary N) is 1. The Morgan fingerprint density at radius 3 is 2.43 bits per heavy atom. The molecule has 0 saturated heterocycles. The maximum Gasteiger partial charge on any atom is 0.240 e. The van der Waals surface area contributed by atoms with Gasteiger partial charge < -0.3 is 0 Å². The zero-order valence-electron chi connectivity index (χ0n) is 12.2. The molecule has 0 heterocycles. The molecular weight excluding hydrogens is 286 g/mol. The summed E-state index contributed by atoms with van der Waals surface area (Å²) in [5, 5.41) is 0. The molecule has 1 aromatic rings. The fraction of sp³-hybridized carbons (Fsp3) is 0.562. The molecule has 3 atom stereocenters. The molecule has 0 aliphatic heterocycles. The molecule has 21 heavy (non-hydrogen) atoms. The largest absolute Gasteiger partial charge is 0.295 e. The second-order valence-electron chi connectivity index (χ2n) is 6.37. The minimum absolute atomic E-state index is 0.0612. The van der Waals surface area contributed by atoms with Crippen LogP contribution in [-0.4, -0.2) is 20.7 Å². The van der Waals surface area contributed by atoms with Crippen molar-refractivity contribution in [3.8, 4) is 0 Å². The highest BCUT2D eigenvalue weighted by atomic mass is 32.2. The number of rotatable bonds is 5. The summed E-state index contributed by atoms with van der Waals surface area (Å²) in [5.41, 5.74) is 0.530. The molecule has 0 unspecified atom stereocenters. The summed E-state index contributed by atoms with van der Waals surface area (Å²) < 4.78 is 27.3. The second kappa shape index (κ2) is 5.54. The molecule has 4 nitrogen and oxygen atoms in total. The van der Waals surface area contributed by atoms with Gasteiger partial charge in [0.1, 0.15) is 0 Å². The zero-order valence-corrected chi connectivity index (χ0v) is 13.0. The zero-order chi connectivity index (χ0) is 15.0. The Hall–Kier alpha value is -1.20. The molecule has 2 fully saturated rings. The molecule has 5 heteroatoms. The van der Waals surface area contributed by atoms with Gasteiger partial charge in [0.2, 0.25) is 10.0 Å². The van der Waals surface area contributed by atoms with Crippen LogP contribution in [0.3, 0.4) is 0 Å². The van der Waals surface area contributed by atoms with E-state index < -0.39 is 10.0 Å². The summed E-state index contributed by atoms with van der Waals surface area (Å²) in [6.07, 6.45) is 5.01. The first-order chi connectivity index (χ1) is 9.95. The van der Waals surface area contributed by atoms with Crippen molar-refractivity contribution in [3.63, 3.8) is 0 Å². The molecule has 1 N–H and O–H groups in total. The molecule has 0 amide bonds. The minimum atomic E-state index is -3.47. The summed E-state index contributed by atoms with van der Waals surface area (Å²) >= 11 is 0. The van der Waals surface area contributed by atoms with Gasteiger partial charge in [-0.1, -0.05) is 18.6 Å². The van der Waals surface area contributed by atoms with Gasteiger partial charge in [-0.05, 0) is 56.1 Å². The van der Waals surface area contributed by atoms with Gasteiger partial charge in [0.25, 0.3) is 0 Å². The van der Waals surface area contributed by atoms with Gasteiger partial charge in [0.05, 0.1) is 4.90 Å². The first-order valence-corrected chi connectivity index (χ1v) is 9.04. The monoisotopic (exact) mass is 307 g/mol. The van der Waals surface area contributed by atoms with E-state index >= 15 is 0 Å². The summed E-state index contributed by atoms with van der Waals surface area (Å²) in [4.78, 5) is 11.4. The predicted octanol–water partition coefficient (Wildman–Crippen LogP) is 2.60. The van der Waals surface area contributed by atoms with Gasteiger partial charge in [-0.25, -0.2) is 13.1 Å². The smallest absolute Gasteiger partial charge is 0.240 e. The van der Waals surface area contributed by atoms with Gasteiger partial charge in [0.15, 0.2) is 5.78 Å². The van der Waals surface area contributed by atoms with E-state index in [4.69, 9.17) is 0 Å². The lowest BCUT2D eigenvalue weighted by atomic mass is 9.89. The first kappa shape index (κ1) is 14.7. The van der Waals surface area contributed by atoms with E-state index in [0.29, 0.717) is 23.9 Å². The lowest BCUT2D eigenvalue weighted by Gasteiger charge is -2.21. The molecule has 0 spiro atoms. The van der Waals surface area contributed by atoms with Gasteiger partial charge in [-0.15, -0.1) is 0 Å². The predicted molar refractivity (Wildman–Crippen MR) is 80.6 cm³/mol. The summed E-state index contributed by atoms with van der Waals surface area (Å²) in [6.45, 7) is 2.01. The Bertz CT molecular complexity index is 636. The van der Waals surface area contributed by atoms with Gasteiger partial charge in [-0.2, -0.15) is 0 Å². The third-order valence-corrected chi connectivity index (χ3v) is 6.43. The van der Waals surface area contributed by atoms with Gasteiger partial charge in [0, 0.05) is 12.1 Å². The molecule has 2 saturated carbocycles. The summed E-state index contributed by atoms with van der Waals surface area (Å²) in [6, 6.07) is 6.13. The number of ketones is 1. The Balaban J connectivity index is 1.65. The van der Waals surface area contributed by atoms with Crippen LogP contribution in [-0.2, 0) is 10.0 Å². The number of sulfonamides is 1. The topological polar surface area (TPSA) is 63.2 Å². The van der Waals surface area contributed by atoms with Crippen LogP contribution >= 0.6 is 0 Å². The van der Waals surface area contributed by atoms with Crippen molar-refractivity contribution in [1.82, 2.24) is 4.72 Å². The number of benzene rings is 1. The number of hydrogen-bond donors (Lipinski definition) is 1. The lowest BCUT2D eigenvalue weighted by Crippen LogP contribution is -2.31. The molecule has 0 aromatic heterocycles. The van der Waals surface area contributed by atoms with E-state index in [1.54, 1.807) is 12.1 Å². The Morgan fingerprint density at radius 2 is 1.90 bits per heavy atom. The number of fused-ring (bicyclic) bond motifs is 2. The molecule has 114 valence electrons. The highest BCUT2D eigenvalue weighted by Gasteiger charge is 2.39. The highest BCUT2D eigenvalue weighted by molar-refractivity contribution is 7.89.